The van der Waals surface area contributed by atoms with Crippen LogP contribution in [0, 0.1) is 0 Å². The van der Waals surface area contributed by atoms with Gasteiger partial charge in [0.15, 0.2) is 22.9 Å². The second-order valence-electron chi connectivity index (χ2n) is 8.77. The van der Waals surface area contributed by atoms with Crippen LogP contribution in [0.1, 0.15) is 47.7 Å². The number of para-hydroxylation sites is 1. The number of unbranched alkanes of at least 4 members (excludes halogenated alkanes) is 1. The van der Waals surface area contributed by atoms with Gasteiger partial charge in [-0.2, -0.15) is 0 Å². The number of hydrogen-bond donors (Lipinski definition) is 1. The minimum atomic E-state index is -0.880. The number of hydrogen-bond acceptors (Lipinski definition) is 7. The van der Waals surface area contributed by atoms with Crippen LogP contribution in [0.4, 0.5) is 0 Å². The van der Waals surface area contributed by atoms with Gasteiger partial charge in [0, 0.05) is 5.39 Å². The third-order valence-electron chi connectivity index (χ3n) is 6.35. The average Bonchev–Trinajstić information content (AvgIpc) is 3.64. The fourth-order valence-electron chi connectivity index (χ4n) is 4.52. The Hall–Kier alpha value is -4.46. The molecule has 190 valence electrons. The van der Waals surface area contributed by atoms with E-state index in [1.54, 1.807) is 54.6 Å². The summed E-state index contributed by atoms with van der Waals surface area (Å²) >= 11 is 0. The molecule has 1 N–H and O–H groups in total. The van der Waals surface area contributed by atoms with Crippen LogP contribution < -0.4 is 9.47 Å². The first-order valence-electron chi connectivity index (χ1n) is 12.1. The van der Waals surface area contributed by atoms with Gasteiger partial charge in [0.05, 0.1) is 38.1 Å². The van der Waals surface area contributed by atoms with Crippen molar-refractivity contribution in [3.8, 4) is 11.5 Å². The van der Waals surface area contributed by atoms with Gasteiger partial charge in [0.25, 0.3) is 5.91 Å². The number of Topliss-reactive ketones (excluding diaryl/α,β-unsaturated/α-hetero) is 1. The van der Waals surface area contributed by atoms with Gasteiger partial charge >= 0.3 is 0 Å². The maximum atomic E-state index is 13.8. The highest BCUT2D eigenvalue weighted by atomic mass is 16.5. The van der Waals surface area contributed by atoms with Gasteiger partial charge in [-0.1, -0.05) is 37.6 Å². The molecule has 4 aromatic rings. The second-order valence-corrected chi connectivity index (χ2v) is 8.77. The van der Waals surface area contributed by atoms with Crippen molar-refractivity contribution in [2.24, 2.45) is 0 Å². The molecule has 0 saturated heterocycles. The Morgan fingerprint density at radius 1 is 1.11 bits per heavy atom. The summed E-state index contributed by atoms with van der Waals surface area (Å²) in [5.41, 5.74) is 0.961. The normalized spacial score (nSPS) is 15.6. The average molecular weight is 502 g/mol. The second kappa shape index (κ2) is 10.3. The molecule has 0 bridgehead atoms. The lowest BCUT2D eigenvalue weighted by atomic mass is 9.94. The van der Waals surface area contributed by atoms with Crippen LogP contribution in [0.25, 0.3) is 11.0 Å². The lowest BCUT2D eigenvalue weighted by Crippen LogP contribution is -2.30. The molecule has 37 heavy (non-hydrogen) atoms. The van der Waals surface area contributed by atoms with E-state index in [9.17, 15) is 14.7 Å². The van der Waals surface area contributed by atoms with Crippen molar-refractivity contribution >= 4 is 22.7 Å². The summed E-state index contributed by atoms with van der Waals surface area (Å²) in [6.45, 7) is 2.69. The van der Waals surface area contributed by atoms with Crippen molar-refractivity contribution in [2.45, 2.75) is 32.4 Å². The van der Waals surface area contributed by atoms with E-state index in [0.717, 1.165) is 12.8 Å². The molecule has 5 rings (SSSR count). The number of fused-ring (bicyclic) bond motifs is 1. The van der Waals surface area contributed by atoms with E-state index in [-0.39, 0.29) is 17.9 Å². The molecule has 1 aliphatic rings. The number of ether oxygens (including phenoxy) is 2. The molecule has 0 fully saturated rings. The topological polar surface area (TPSA) is 102 Å². The Kier molecular flexibility index (Phi) is 6.72. The van der Waals surface area contributed by atoms with Gasteiger partial charge < -0.3 is 28.3 Å². The molecule has 1 atom stereocenters. The zero-order valence-electron chi connectivity index (χ0n) is 20.6. The van der Waals surface area contributed by atoms with E-state index in [4.69, 9.17) is 18.3 Å². The maximum absolute atomic E-state index is 13.8. The van der Waals surface area contributed by atoms with Gasteiger partial charge in [0.2, 0.25) is 5.78 Å². The number of amides is 1. The number of rotatable bonds is 10. The number of carbonyl (C=O) groups is 2. The smallest absolute Gasteiger partial charge is 0.290 e. The first kappa shape index (κ1) is 24.2. The summed E-state index contributed by atoms with van der Waals surface area (Å²) < 4.78 is 22.6. The summed E-state index contributed by atoms with van der Waals surface area (Å²) in [4.78, 5) is 28.5. The van der Waals surface area contributed by atoms with Gasteiger partial charge in [-0.05, 0) is 48.4 Å². The third kappa shape index (κ3) is 4.58. The molecular weight excluding hydrogens is 474 g/mol. The van der Waals surface area contributed by atoms with Gasteiger partial charge in [-0.15, -0.1) is 0 Å². The standard InChI is InChI=1S/C29H27NO7/c1-3-4-13-35-20-10-5-8-18(15-20)25-24(27(32)29(33)30(25)17-21-11-7-14-36-21)26(31)23-16-19-9-6-12-22(34-2)28(19)37-23/h5-12,14-16,25,32H,3-4,13,17H2,1-2H3. The highest BCUT2D eigenvalue weighted by Gasteiger charge is 2.45. The lowest BCUT2D eigenvalue weighted by molar-refractivity contribution is -0.130. The zero-order valence-corrected chi connectivity index (χ0v) is 20.6. The number of aliphatic hydroxyl groups is 1. The van der Waals surface area contributed by atoms with Crippen LogP contribution in [-0.2, 0) is 11.3 Å². The number of furan rings is 2. The third-order valence-corrected chi connectivity index (χ3v) is 6.35. The lowest BCUT2D eigenvalue weighted by Gasteiger charge is -2.26. The minimum Gasteiger partial charge on any atom is -0.503 e. The molecule has 3 heterocycles. The van der Waals surface area contributed by atoms with E-state index >= 15 is 0 Å². The Labute approximate surface area is 213 Å². The minimum absolute atomic E-state index is 0.00551. The van der Waals surface area contributed by atoms with Crippen molar-refractivity contribution in [3.63, 3.8) is 0 Å². The predicted octanol–water partition coefficient (Wildman–Crippen LogP) is 5.99. The van der Waals surface area contributed by atoms with Crippen LogP contribution in [0.3, 0.4) is 0 Å². The Balaban J connectivity index is 1.57. The van der Waals surface area contributed by atoms with Crippen LogP contribution >= 0.6 is 0 Å². The molecule has 0 radical (unpaired) electrons. The van der Waals surface area contributed by atoms with E-state index in [1.165, 1.54) is 18.3 Å². The fourth-order valence-corrected chi connectivity index (χ4v) is 4.52. The highest BCUT2D eigenvalue weighted by molar-refractivity contribution is 6.16. The summed E-state index contributed by atoms with van der Waals surface area (Å²) in [5.74, 6) is -0.277. The van der Waals surface area contributed by atoms with Crippen molar-refractivity contribution in [1.82, 2.24) is 4.90 Å². The highest BCUT2D eigenvalue weighted by Crippen LogP contribution is 2.41. The van der Waals surface area contributed by atoms with Crippen molar-refractivity contribution in [1.29, 1.82) is 0 Å². The molecular formula is C29H27NO7. The number of aliphatic hydroxyl groups excluding tert-OH is 1. The first-order chi connectivity index (χ1) is 18.0. The molecule has 1 aliphatic heterocycles. The van der Waals surface area contributed by atoms with Crippen LogP contribution in [0.2, 0.25) is 0 Å². The molecule has 1 amide bonds. The molecule has 8 nitrogen and oxygen atoms in total. The summed E-state index contributed by atoms with van der Waals surface area (Å²) in [7, 11) is 1.51. The predicted molar refractivity (Wildman–Crippen MR) is 136 cm³/mol. The van der Waals surface area contributed by atoms with E-state index < -0.39 is 23.5 Å². The fraction of sp³-hybridized carbons (Fsp3) is 0.241. The largest absolute Gasteiger partial charge is 0.503 e. The van der Waals surface area contributed by atoms with Crippen molar-refractivity contribution in [3.05, 3.63) is 95.3 Å². The number of ketones is 1. The zero-order chi connectivity index (χ0) is 25.9. The summed E-state index contributed by atoms with van der Waals surface area (Å²) in [6, 6.07) is 16.7. The quantitative estimate of drug-likeness (QED) is 0.210. The van der Waals surface area contributed by atoms with Crippen molar-refractivity contribution < 1.29 is 33.0 Å². The number of nitrogens with zero attached hydrogens (tertiary/aromatic N) is 1. The summed E-state index contributed by atoms with van der Waals surface area (Å²) in [5, 5.41) is 11.6. The number of benzene rings is 2. The molecule has 2 aromatic heterocycles. The maximum Gasteiger partial charge on any atom is 0.290 e. The van der Waals surface area contributed by atoms with E-state index in [1.807, 2.05) is 6.07 Å². The van der Waals surface area contributed by atoms with Gasteiger partial charge in [-0.3, -0.25) is 9.59 Å². The molecule has 1 unspecified atom stereocenters. The van der Waals surface area contributed by atoms with Crippen LogP contribution in [0.15, 0.2) is 87.1 Å². The summed E-state index contributed by atoms with van der Waals surface area (Å²) in [6.07, 6.45) is 3.40. The van der Waals surface area contributed by atoms with E-state index in [2.05, 4.69) is 6.92 Å². The Morgan fingerprint density at radius 3 is 2.70 bits per heavy atom. The Morgan fingerprint density at radius 2 is 1.95 bits per heavy atom. The molecule has 0 saturated carbocycles. The number of methoxy groups -OCH3 is 1. The monoisotopic (exact) mass is 501 g/mol. The number of carbonyl (C=O) groups excluding carboxylic acids is 2. The van der Waals surface area contributed by atoms with Gasteiger partial charge in [0.1, 0.15) is 11.5 Å². The molecule has 0 aliphatic carbocycles. The van der Waals surface area contributed by atoms with Crippen LogP contribution in [0.5, 0.6) is 11.5 Å². The molecule has 0 spiro atoms. The molecule has 8 heteroatoms. The molecule has 2 aromatic carbocycles. The van der Waals surface area contributed by atoms with E-state index in [0.29, 0.717) is 40.4 Å². The first-order valence-corrected chi connectivity index (χ1v) is 12.1. The van der Waals surface area contributed by atoms with Gasteiger partial charge in [-0.25, -0.2) is 0 Å². The van der Waals surface area contributed by atoms with Crippen molar-refractivity contribution in [2.75, 3.05) is 13.7 Å². The SMILES string of the molecule is CCCCOc1cccc(C2C(C(=O)c3cc4cccc(OC)c4o3)=C(O)C(=O)N2Cc2ccco2)c1. The Bertz CT molecular complexity index is 1460. The van der Waals surface area contributed by atoms with Crippen LogP contribution in [-0.4, -0.2) is 35.4 Å².